The maximum atomic E-state index is 12.0. The zero-order chi connectivity index (χ0) is 14.2. The van der Waals surface area contributed by atoms with Gasteiger partial charge in [-0.2, -0.15) is 0 Å². The molecule has 2 unspecified atom stereocenters. The Balaban J connectivity index is 1.59. The SMILES string of the molecule is CC1NCCCC1C(=O)NCCCOc1ccccc1. The molecule has 1 aliphatic rings. The Morgan fingerprint density at radius 2 is 2.20 bits per heavy atom. The fourth-order valence-electron chi connectivity index (χ4n) is 2.52. The van der Waals surface area contributed by atoms with E-state index in [4.69, 9.17) is 4.74 Å². The number of amides is 1. The summed E-state index contributed by atoms with van der Waals surface area (Å²) in [5.41, 5.74) is 0. The fraction of sp³-hybridized carbons (Fsp3) is 0.562. The summed E-state index contributed by atoms with van der Waals surface area (Å²) in [5.74, 6) is 1.16. The van der Waals surface area contributed by atoms with Gasteiger partial charge in [0.1, 0.15) is 5.75 Å². The molecule has 4 nitrogen and oxygen atoms in total. The third kappa shape index (κ3) is 4.53. The van der Waals surface area contributed by atoms with Crippen LogP contribution in [0.15, 0.2) is 30.3 Å². The van der Waals surface area contributed by atoms with Crippen molar-refractivity contribution in [2.24, 2.45) is 5.92 Å². The van der Waals surface area contributed by atoms with Crippen molar-refractivity contribution in [1.29, 1.82) is 0 Å². The summed E-state index contributed by atoms with van der Waals surface area (Å²) in [6, 6.07) is 10.0. The van der Waals surface area contributed by atoms with E-state index in [0.717, 1.165) is 31.6 Å². The summed E-state index contributed by atoms with van der Waals surface area (Å²) in [6.45, 7) is 4.41. The van der Waals surface area contributed by atoms with Crippen LogP contribution in [-0.2, 0) is 4.79 Å². The zero-order valence-electron chi connectivity index (χ0n) is 12.1. The Morgan fingerprint density at radius 3 is 2.95 bits per heavy atom. The summed E-state index contributed by atoms with van der Waals surface area (Å²) < 4.78 is 5.59. The van der Waals surface area contributed by atoms with Crippen molar-refractivity contribution in [1.82, 2.24) is 10.6 Å². The molecule has 1 fully saturated rings. The molecule has 1 amide bonds. The minimum Gasteiger partial charge on any atom is -0.494 e. The van der Waals surface area contributed by atoms with Gasteiger partial charge in [-0.3, -0.25) is 4.79 Å². The first-order valence-electron chi connectivity index (χ1n) is 7.46. The number of carbonyl (C=O) groups is 1. The van der Waals surface area contributed by atoms with E-state index < -0.39 is 0 Å². The molecule has 0 bridgehead atoms. The molecule has 0 spiro atoms. The van der Waals surface area contributed by atoms with Crippen molar-refractivity contribution in [3.05, 3.63) is 30.3 Å². The largest absolute Gasteiger partial charge is 0.494 e. The van der Waals surface area contributed by atoms with Gasteiger partial charge in [0.15, 0.2) is 0 Å². The molecule has 0 radical (unpaired) electrons. The fourth-order valence-corrected chi connectivity index (χ4v) is 2.52. The molecule has 1 aromatic rings. The van der Waals surface area contributed by atoms with Crippen LogP contribution < -0.4 is 15.4 Å². The first-order valence-corrected chi connectivity index (χ1v) is 7.46. The summed E-state index contributed by atoms with van der Waals surface area (Å²) in [7, 11) is 0. The average molecular weight is 276 g/mol. The molecule has 2 N–H and O–H groups in total. The molecule has 0 saturated carbocycles. The Morgan fingerprint density at radius 1 is 1.40 bits per heavy atom. The minimum atomic E-state index is 0.110. The molecule has 1 saturated heterocycles. The van der Waals surface area contributed by atoms with Gasteiger partial charge in [0, 0.05) is 12.6 Å². The van der Waals surface area contributed by atoms with E-state index in [1.165, 1.54) is 0 Å². The van der Waals surface area contributed by atoms with Gasteiger partial charge in [-0.05, 0) is 44.9 Å². The lowest BCUT2D eigenvalue weighted by atomic mass is 9.91. The Labute approximate surface area is 120 Å². The van der Waals surface area contributed by atoms with E-state index in [0.29, 0.717) is 13.2 Å². The van der Waals surface area contributed by atoms with Crippen LogP contribution in [0, 0.1) is 5.92 Å². The Bertz CT molecular complexity index is 408. The topological polar surface area (TPSA) is 50.4 Å². The maximum absolute atomic E-state index is 12.0. The van der Waals surface area contributed by atoms with Crippen LogP contribution in [0.1, 0.15) is 26.2 Å². The van der Waals surface area contributed by atoms with Crippen molar-refractivity contribution in [3.63, 3.8) is 0 Å². The Kier molecular flexibility index (Phi) is 5.87. The highest BCUT2D eigenvalue weighted by molar-refractivity contribution is 5.79. The predicted molar refractivity (Wildman–Crippen MR) is 79.8 cm³/mol. The van der Waals surface area contributed by atoms with Gasteiger partial charge < -0.3 is 15.4 Å². The number of nitrogens with one attached hydrogen (secondary N) is 2. The van der Waals surface area contributed by atoms with Crippen molar-refractivity contribution in [2.75, 3.05) is 19.7 Å². The van der Waals surface area contributed by atoms with Gasteiger partial charge in [0.2, 0.25) is 5.91 Å². The number of carbonyl (C=O) groups excluding carboxylic acids is 1. The third-order valence-corrected chi connectivity index (χ3v) is 3.73. The van der Waals surface area contributed by atoms with Gasteiger partial charge in [-0.1, -0.05) is 18.2 Å². The van der Waals surface area contributed by atoms with E-state index in [2.05, 4.69) is 17.6 Å². The molecule has 1 heterocycles. The van der Waals surface area contributed by atoms with Gasteiger partial charge >= 0.3 is 0 Å². The monoisotopic (exact) mass is 276 g/mol. The molecular formula is C16H24N2O2. The van der Waals surface area contributed by atoms with E-state index in [-0.39, 0.29) is 17.9 Å². The van der Waals surface area contributed by atoms with Crippen LogP contribution in [-0.4, -0.2) is 31.6 Å². The standard InChI is InChI=1S/C16H24N2O2/c1-13-15(9-5-10-17-13)16(19)18-11-6-12-20-14-7-3-2-4-8-14/h2-4,7-8,13,15,17H,5-6,9-12H2,1H3,(H,18,19). The van der Waals surface area contributed by atoms with Crippen LogP contribution in [0.2, 0.25) is 0 Å². The third-order valence-electron chi connectivity index (χ3n) is 3.73. The normalized spacial score (nSPS) is 22.2. The second kappa shape index (κ2) is 7.90. The summed E-state index contributed by atoms with van der Waals surface area (Å²) in [5, 5.41) is 6.36. The molecular weight excluding hydrogens is 252 g/mol. The predicted octanol–water partition coefficient (Wildman–Crippen LogP) is 1.96. The van der Waals surface area contributed by atoms with E-state index >= 15 is 0 Å². The first-order chi connectivity index (χ1) is 9.77. The Hall–Kier alpha value is -1.55. The van der Waals surface area contributed by atoms with Gasteiger partial charge in [0.25, 0.3) is 0 Å². The first kappa shape index (κ1) is 14.9. The second-order valence-electron chi connectivity index (χ2n) is 5.30. The molecule has 0 aromatic heterocycles. The lowest BCUT2D eigenvalue weighted by Crippen LogP contribution is -2.47. The number of benzene rings is 1. The minimum absolute atomic E-state index is 0.110. The summed E-state index contributed by atoms with van der Waals surface area (Å²) in [6.07, 6.45) is 2.90. The van der Waals surface area contributed by atoms with Crippen molar-refractivity contribution >= 4 is 5.91 Å². The van der Waals surface area contributed by atoms with Crippen LogP contribution in [0.5, 0.6) is 5.75 Å². The lowest BCUT2D eigenvalue weighted by molar-refractivity contribution is -0.126. The van der Waals surface area contributed by atoms with E-state index in [1.54, 1.807) is 0 Å². The van der Waals surface area contributed by atoms with Crippen molar-refractivity contribution < 1.29 is 9.53 Å². The highest BCUT2D eigenvalue weighted by Gasteiger charge is 2.26. The number of hydrogen-bond acceptors (Lipinski definition) is 3. The van der Waals surface area contributed by atoms with Crippen LogP contribution in [0.25, 0.3) is 0 Å². The number of hydrogen-bond donors (Lipinski definition) is 2. The molecule has 20 heavy (non-hydrogen) atoms. The quantitative estimate of drug-likeness (QED) is 0.781. The highest BCUT2D eigenvalue weighted by atomic mass is 16.5. The van der Waals surface area contributed by atoms with E-state index in [9.17, 15) is 4.79 Å². The van der Waals surface area contributed by atoms with Gasteiger partial charge in [-0.25, -0.2) is 0 Å². The number of rotatable bonds is 6. The average Bonchev–Trinajstić information content (AvgIpc) is 2.48. The second-order valence-corrected chi connectivity index (χ2v) is 5.30. The van der Waals surface area contributed by atoms with Crippen molar-refractivity contribution in [2.45, 2.75) is 32.2 Å². The van der Waals surface area contributed by atoms with Gasteiger partial charge in [0.05, 0.1) is 12.5 Å². The van der Waals surface area contributed by atoms with Gasteiger partial charge in [-0.15, -0.1) is 0 Å². The molecule has 4 heteroatoms. The smallest absolute Gasteiger partial charge is 0.224 e. The molecule has 110 valence electrons. The molecule has 2 atom stereocenters. The van der Waals surface area contributed by atoms with E-state index in [1.807, 2.05) is 30.3 Å². The van der Waals surface area contributed by atoms with Crippen LogP contribution in [0.3, 0.4) is 0 Å². The number of para-hydroxylation sites is 1. The highest BCUT2D eigenvalue weighted by Crippen LogP contribution is 2.16. The molecule has 1 aliphatic heterocycles. The maximum Gasteiger partial charge on any atom is 0.224 e. The number of piperidine rings is 1. The van der Waals surface area contributed by atoms with Crippen LogP contribution in [0.4, 0.5) is 0 Å². The summed E-state index contributed by atoms with van der Waals surface area (Å²) in [4.78, 5) is 12.0. The lowest BCUT2D eigenvalue weighted by Gasteiger charge is -2.28. The molecule has 2 rings (SSSR count). The molecule has 1 aromatic carbocycles. The number of ether oxygens (including phenoxy) is 1. The molecule has 0 aliphatic carbocycles. The van der Waals surface area contributed by atoms with Crippen molar-refractivity contribution in [3.8, 4) is 5.75 Å². The zero-order valence-corrected chi connectivity index (χ0v) is 12.1. The van der Waals surface area contributed by atoms with Crippen LogP contribution >= 0.6 is 0 Å². The summed E-state index contributed by atoms with van der Waals surface area (Å²) >= 11 is 0.